The van der Waals surface area contributed by atoms with Gasteiger partial charge in [-0.05, 0) is 41.0 Å². The zero-order chi connectivity index (χ0) is 16.1. The van der Waals surface area contributed by atoms with E-state index in [1.807, 2.05) is 55.5 Å². The van der Waals surface area contributed by atoms with Crippen LogP contribution in [0.1, 0.15) is 16.7 Å². The molecule has 3 aromatic rings. The van der Waals surface area contributed by atoms with E-state index in [-0.39, 0.29) is 5.91 Å². The monoisotopic (exact) mass is 301 g/mol. The van der Waals surface area contributed by atoms with Gasteiger partial charge in [0.1, 0.15) is 0 Å². The van der Waals surface area contributed by atoms with Crippen LogP contribution in [0.2, 0.25) is 0 Å². The lowest BCUT2D eigenvalue weighted by Crippen LogP contribution is -2.20. The predicted molar refractivity (Wildman–Crippen MR) is 96.0 cm³/mol. The van der Waals surface area contributed by atoms with E-state index in [0.29, 0.717) is 6.54 Å². The molecule has 2 nitrogen and oxygen atoms in total. The molecule has 1 N–H and O–H groups in total. The molecule has 0 aliphatic rings. The highest BCUT2D eigenvalue weighted by Gasteiger charge is 1.99. The number of benzene rings is 3. The van der Waals surface area contributed by atoms with E-state index >= 15 is 0 Å². The molecule has 23 heavy (non-hydrogen) atoms. The molecule has 0 radical (unpaired) electrons. The van der Waals surface area contributed by atoms with Crippen LogP contribution in [-0.2, 0) is 11.3 Å². The highest BCUT2D eigenvalue weighted by molar-refractivity contribution is 5.91. The average molecular weight is 301 g/mol. The first-order valence-electron chi connectivity index (χ1n) is 7.71. The van der Waals surface area contributed by atoms with Crippen molar-refractivity contribution in [1.29, 1.82) is 0 Å². The maximum Gasteiger partial charge on any atom is 0.244 e. The van der Waals surface area contributed by atoms with Gasteiger partial charge in [0.05, 0.1) is 0 Å². The predicted octanol–water partition coefficient (Wildman–Crippen LogP) is 4.48. The Hall–Kier alpha value is -2.87. The Balaban J connectivity index is 1.60. The van der Waals surface area contributed by atoms with E-state index < -0.39 is 0 Å². The largest absolute Gasteiger partial charge is 0.348 e. The fourth-order valence-electron chi connectivity index (χ4n) is 2.45. The summed E-state index contributed by atoms with van der Waals surface area (Å²) in [6, 6.07) is 22.5. The molecule has 0 aliphatic heterocycles. The smallest absolute Gasteiger partial charge is 0.244 e. The van der Waals surface area contributed by atoms with Crippen molar-refractivity contribution in [2.24, 2.45) is 0 Å². The molecule has 0 heterocycles. The molecule has 0 fully saturated rings. The molecule has 0 spiro atoms. The van der Waals surface area contributed by atoms with Crippen molar-refractivity contribution in [3.8, 4) is 0 Å². The summed E-state index contributed by atoms with van der Waals surface area (Å²) < 4.78 is 0. The Morgan fingerprint density at radius 3 is 2.48 bits per heavy atom. The lowest BCUT2D eigenvalue weighted by atomic mass is 10.1. The molecule has 0 saturated carbocycles. The lowest BCUT2D eigenvalue weighted by Gasteiger charge is -2.04. The number of hydrogen-bond donors (Lipinski definition) is 1. The molecule has 3 aromatic carbocycles. The molecular formula is C21H19NO. The molecule has 1 amide bonds. The summed E-state index contributed by atoms with van der Waals surface area (Å²) in [7, 11) is 0. The van der Waals surface area contributed by atoms with Crippen LogP contribution in [0.4, 0.5) is 0 Å². The third kappa shape index (κ3) is 4.07. The first kappa shape index (κ1) is 15.0. The molecule has 3 rings (SSSR count). The Bertz CT molecular complexity index is 847. The average Bonchev–Trinajstić information content (AvgIpc) is 2.59. The fraction of sp³-hybridized carbons (Fsp3) is 0.0952. The van der Waals surface area contributed by atoms with Crippen LogP contribution in [-0.4, -0.2) is 5.91 Å². The van der Waals surface area contributed by atoms with Crippen LogP contribution in [0.3, 0.4) is 0 Å². The Morgan fingerprint density at radius 2 is 1.70 bits per heavy atom. The highest BCUT2D eigenvalue weighted by atomic mass is 16.1. The van der Waals surface area contributed by atoms with Crippen LogP contribution in [0.5, 0.6) is 0 Å². The van der Waals surface area contributed by atoms with E-state index in [2.05, 4.69) is 29.6 Å². The van der Waals surface area contributed by atoms with Gasteiger partial charge in [-0.2, -0.15) is 0 Å². The minimum atomic E-state index is -0.0845. The van der Waals surface area contributed by atoms with Crippen molar-refractivity contribution < 1.29 is 4.79 Å². The second-order valence-electron chi connectivity index (χ2n) is 5.64. The van der Waals surface area contributed by atoms with E-state index in [1.165, 1.54) is 16.3 Å². The van der Waals surface area contributed by atoms with Crippen molar-refractivity contribution in [3.05, 3.63) is 89.5 Å². The second kappa shape index (κ2) is 6.93. The quantitative estimate of drug-likeness (QED) is 0.707. The van der Waals surface area contributed by atoms with Crippen molar-refractivity contribution in [3.63, 3.8) is 0 Å². The second-order valence-corrected chi connectivity index (χ2v) is 5.64. The normalized spacial score (nSPS) is 11.0. The summed E-state index contributed by atoms with van der Waals surface area (Å²) in [5.74, 6) is -0.0845. The van der Waals surface area contributed by atoms with Gasteiger partial charge in [-0.15, -0.1) is 0 Å². The van der Waals surface area contributed by atoms with Gasteiger partial charge < -0.3 is 5.32 Å². The fourth-order valence-corrected chi connectivity index (χ4v) is 2.45. The van der Waals surface area contributed by atoms with Crippen LogP contribution in [0.25, 0.3) is 16.8 Å². The van der Waals surface area contributed by atoms with Gasteiger partial charge in [-0.1, -0.05) is 66.2 Å². The van der Waals surface area contributed by atoms with Gasteiger partial charge >= 0.3 is 0 Å². The van der Waals surface area contributed by atoms with Crippen LogP contribution >= 0.6 is 0 Å². The number of aryl methyl sites for hydroxylation is 1. The minimum Gasteiger partial charge on any atom is -0.348 e. The van der Waals surface area contributed by atoms with Gasteiger partial charge in [0.15, 0.2) is 0 Å². The Morgan fingerprint density at radius 1 is 0.957 bits per heavy atom. The number of rotatable bonds is 4. The van der Waals surface area contributed by atoms with Crippen molar-refractivity contribution in [2.45, 2.75) is 13.5 Å². The highest BCUT2D eigenvalue weighted by Crippen LogP contribution is 2.15. The van der Waals surface area contributed by atoms with E-state index in [1.54, 1.807) is 6.08 Å². The molecule has 0 aliphatic carbocycles. The lowest BCUT2D eigenvalue weighted by molar-refractivity contribution is -0.116. The SMILES string of the molecule is Cc1ccc(/C=C/C(=O)NCc2ccc3ccccc3c2)cc1. The van der Waals surface area contributed by atoms with Crippen molar-refractivity contribution >= 4 is 22.8 Å². The van der Waals surface area contributed by atoms with E-state index in [4.69, 9.17) is 0 Å². The summed E-state index contributed by atoms with van der Waals surface area (Å²) in [5.41, 5.74) is 3.33. The minimum absolute atomic E-state index is 0.0845. The van der Waals surface area contributed by atoms with Gasteiger partial charge in [0.2, 0.25) is 5.91 Å². The summed E-state index contributed by atoms with van der Waals surface area (Å²) in [6.45, 7) is 2.58. The zero-order valence-electron chi connectivity index (χ0n) is 13.1. The maximum absolute atomic E-state index is 11.9. The van der Waals surface area contributed by atoms with Gasteiger partial charge in [0, 0.05) is 12.6 Å². The van der Waals surface area contributed by atoms with Crippen LogP contribution in [0.15, 0.2) is 72.8 Å². The molecule has 2 heteroatoms. The zero-order valence-corrected chi connectivity index (χ0v) is 13.1. The molecule has 114 valence electrons. The summed E-state index contributed by atoms with van der Waals surface area (Å²) in [4.78, 5) is 11.9. The van der Waals surface area contributed by atoms with Crippen LogP contribution < -0.4 is 5.32 Å². The van der Waals surface area contributed by atoms with Crippen molar-refractivity contribution in [1.82, 2.24) is 5.32 Å². The number of carbonyl (C=O) groups is 1. The standard InChI is InChI=1S/C21H19NO/c1-16-6-8-17(9-7-16)11-13-21(23)22-15-18-10-12-19-4-2-3-5-20(19)14-18/h2-14H,15H2,1H3,(H,22,23)/b13-11+. The molecule has 0 aromatic heterocycles. The summed E-state index contributed by atoms with van der Waals surface area (Å²) in [6.07, 6.45) is 3.40. The third-order valence-electron chi connectivity index (χ3n) is 3.79. The summed E-state index contributed by atoms with van der Waals surface area (Å²) >= 11 is 0. The molecule has 0 atom stereocenters. The van der Waals surface area contributed by atoms with E-state index in [9.17, 15) is 4.79 Å². The van der Waals surface area contributed by atoms with Gasteiger partial charge in [0.25, 0.3) is 0 Å². The van der Waals surface area contributed by atoms with Gasteiger partial charge in [-0.25, -0.2) is 0 Å². The van der Waals surface area contributed by atoms with Crippen LogP contribution in [0, 0.1) is 6.92 Å². The maximum atomic E-state index is 11.9. The number of hydrogen-bond acceptors (Lipinski definition) is 1. The summed E-state index contributed by atoms with van der Waals surface area (Å²) in [5, 5.41) is 5.32. The van der Waals surface area contributed by atoms with Crippen molar-refractivity contribution in [2.75, 3.05) is 0 Å². The van der Waals surface area contributed by atoms with E-state index in [0.717, 1.165) is 11.1 Å². The Kier molecular flexibility index (Phi) is 4.53. The van der Waals surface area contributed by atoms with Gasteiger partial charge in [-0.3, -0.25) is 4.79 Å². The first-order chi connectivity index (χ1) is 11.2. The topological polar surface area (TPSA) is 29.1 Å². The molecule has 0 bridgehead atoms. The molecular weight excluding hydrogens is 282 g/mol. The third-order valence-corrected chi connectivity index (χ3v) is 3.79. The number of fused-ring (bicyclic) bond motifs is 1. The Labute approximate surface area is 136 Å². The first-order valence-corrected chi connectivity index (χ1v) is 7.71. The molecule has 0 unspecified atom stereocenters. The number of amides is 1. The number of nitrogens with one attached hydrogen (secondary N) is 1. The number of carbonyl (C=O) groups excluding carboxylic acids is 1. The molecule has 0 saturated heterocycles.